The molecule has 176 valence electrons. The third kappa shape index (κ3) is 7.29. The van der Waals surface area contributed by atoms with Gasteiger partial charge < -0.3 is 29.0 Å². The van der Waals surface area contributed by atoms with Crippen molar-refractivity contribution in [3.8, 4) is 0 Å². The quantitative estimate of drug-likeness (QED) is 0.543. The summed E-state index contributed by atoms with van der Waals surface area (Å²) in [5.74, 6) is -0.104. The Morgan fingerprint density at radius 2 is 1.70 bits per heavy atom. The Morgan fingerprint density at radius 1 is 0.939 bits per heavy atom. The van der Waals surface area contributed by atoms with Crippen LogP contribution in [-0.4, -0.2) is 71.2 Å². The lowest BCUT2D eigenvalue weighted by Crippen LogP contribution is -2.25. The van der Waals surface area contributed by atoms with E-state index in [9.17, 15) is 4.79 Å². The van der Waals surface area contributed by atoms with Crippen LogP contribution in [0.3, 0.4) is 0 Å². The number of thiophene rings is 1. The minimum Gasteiger partial charge on any atom is -0.402 e. The normalized spacial score (nSPS) is 22.9. The number of esters is 1. The zero-order valence-corrected chi connectivity index (χ0v) is 19.2. The third-order valence-electron chi connectivity index (χ3n) is 5.03. The third-order valence-corrected chi connectivity index (χ3v) is 5.72. The van der Waals surface area contributed by atoms with Gasteiger partial charge in [0.2, 0.25) is 5.90 Å². The first-order valence-electron chi connectivity index (χ1n) is 11.0. The summed E-state index contributed by atoms with van der Waals surface area (Å²) in [4.78, 5) is 16.5. The summed E-state index contributed by atoms with van der Waals surface area (Å²) in [6.07, 6.45) is 1.53. The molecule has 0 radical (unpaired) electrons. The first kappa shape index (κ1) is 23.7. The Hall–Kier alpha value is -2.40. The van der Waals surface area contributed by atoms with Crippen LogP contribution in [0.15, 0.2) is 51.8 Å². The minimum absolute atomic E-state index is 0.199. The minimum atomic E-state index is -0.445. The average molecular weight is 473 g/mol. The summed E-state index contributed by atoms with van der Waals surface area (Å²) in [5, 5.41) is 7.12. The predicted octanol–water partition coefficient (Wildman–Crippen LogP) is 2.80. The van der Waals surface area contributed by atoms with Crippen molar-refractivity contribution in [2.24, 2.45) is 4.99 Å². The van der Waals surface area contributed by atoms with Gasteiger partial charge in [-0.15, -0.1) is 0 Å². The number of aliphatic imine (C=N–C) groups is 1. The first-order valence-corrected chi connectivity index (χ1v) is 11.9. The fraction of sp³-hybridized carbons (Fsp3) is 0.417. The molecule has 2 aliphatic rings. The number of nitrogens with one attached hydrogen (secondary N) is 1. The SMILES string of the molecule is O=C1OC(c2ccsc2)=NC1=Cc1ccc(C2COCCOCCOCCNCCO2)cc1. The van der Waals surface area contributed by atoms with Gasteiger partial charge in [-0.25, -0.2) is 9.79 Å². The van der Waals surface area contributed by atoms with E-state index in [4.69, 9.17) is 23.7 Å². The predicted molar refractivity (Wildman–Crippen MR) is 125 cm³/mol. The largest absolute Gasteiger partial charge is 0.402 e. The molecule has 1 saturated heterocycles. The number of ether oxygens (including phenoxy) is 5. The molecule has 1 fully saturated rings. The molecule has 2 aliphatic heterocycles. The molecule has 1 unspecified atom stereocenters. The highest BCUT2D eigenvalue weighted by Gasteiger charge is 2.24. The smallest absolute Gasteiger partial charge is 0.363 e. The topological polar surface area (TPSA) is 87.6 Å². The van der Waals surface area contributed by atoms with E-state index in [1.165, 1.54) is 11.3 Å². The number of hydrogen-bond donors (Lipinski definition) is 1. The molecule has 1 aromatic heterocycles. The summed E-state index contributed by atoms with van der Waals surface area (Å²) in [7, 11) is 0. The molecule has 33 heavy (non-hydrogen) atoms. The highest BCUT2D eigenvalue weighted by atomic mass is 32.1. The molecule has 1 aromatic carbocycles. The van der Waals surface area contributed by atoms with Crippen molar-refractivity contribution in [2.75, 3.05) is 59.3 Å². The maximum Gasteiger partial charge on any atom is 0.363 e. The van der Waals surface area contributed by atoms with Gasteiger partial charge in [-0.1, -0.05) is 24.3 Å². The number of carbonyl (C=O) groups excluding carboxylic acids is 1. The molecule has 4 rings (SSSR count). The van der Waals surface area contributed by atoms with Gasteiger partial charge in [-0.05, 0) is 28.6 Å². The molecule has 3 heterocycles. The lowest BCUT2D eigenvalue weighted by Gasteiger charge is -2.19. The Bertz CT molecular complexity index is 926. The van der Waals surface area contributed by atoms with Gasteiger partial charge in [0, 0.05) is 24.0 Å². The molecular formula is C24H28N2O6S. The number of nitrogens with zero attached hydrogens (tertiary/aromatic N) is 1. The highest BCUT2D eigenvalue weighted by Crippen LogP contribution is 2.23. The molecule has 1 N–H and O–H groups in total. The number of carbonyl (C=O) groups is 1. The van der Waals surface area contributed by atoms with Gasteiger partial charge in [0.1, 0.15) is 6.10 Å². The van der Waals surface area contributed by atoms with Crippen molar-refractivity contribution >= 4 is 29.3 Å². The summed E-state index contributed by atoms with van der Waals surface area (Å²) in [5.41, 5.74) is 2.95. The Kier molecular flexibility index (Phi) is 9.17. The van der Waals surface area contributed by atoms with Crippen molar-refractivity contribution in [3.63, 3.8) is 0 Å². The van der Waals surface area contributed by atoms with Crippen LogP contribution in [-0.2, 0) is 28.5 Å². The highest BCUT2D eigenvalue weighted by molar-refractivity contribution is 7.08. The van der Waals surface area contributed by atoms with Crippen molar-refractivity contribution < 1.29 is 28.5 Å². The zero-order valence-electron chi connectivity index (χ0n) is 18.4. The van der Waals surface area contributed by atoms with Crippen LogP contribution >= 0.6 is 11.3 Å². The second kappa shape index (κ2) is 12.7. The molecule has 8 nitrogen and oxygen atoms in total. The van der Waals surface area contributed by atoms with Crippen LogP contribution in [0.4, 0.5) is 0 Å². The van der Waals surface area contributed by atoms with E-state index in [0.29, 0.717) is 52.1 Å². The van der Waals surface area contributed by atoms with Crippen molar-refractivity contribution in [3.05, 3.63) is 63.5 Å². The van der Waals surface area contributed by atoms with E-state index in [2.05, 4.69) is 10.3 Å². The van der Waals surface area contributed by atoms with Crippen LogP contribution < -0.4 is 5.32 Å². The Labute approximate surface area is 197 Å². The standard InChI is InChI=1S/C24H28N2O6S/c27-24-21(26-23(32-24)20-5-14-33-17-20)15-18-1-3-19(4-2-18)22-16-30-13-12-29-11-10-28-8-6-25-7-9-31-22/h1-5,14-15,17,22,25H,6-13,16H2. The lowest BCUT2D eigenvalue weighted by molar-refractivity contribution is -0.129. The molecule has 9 heteroatoms. The van der Waals surface area contributed by atoms with E-state index < -0.39 is 5.97 Å². The second-order valence-corrected chi connectivity index (χ2v) is 8.20. The summed E-state index contributed by atoms with van der Waals surface area (Å²) in [6, 6.07) is 9.71. The molecule has 0 aliphatic carbocycles. The van der Waals surface area contributed by atoms with Crippen molar-refractivity contribution in [1.82, 2.24) is 5.32 Å². The number of rotatable bonds is 3. The number of cyclic esters (lactones) is 1. The van der Waals surface area contributed by atoms with Gasteiger partial charge in [0.05, 0.1) is 46.2 Å². The number of benzene rings is 1. The molecule has 0 amide bonds. The van der Waals surface area contributed by atoms with Crippen LogP contribution in [0.2, 0.25) is 0 Å². The molecular weight excluding hydrogens is 444 g/mol. The number of hydrogen-bond acceptors (Lipinski definition) is 9. The monoisotopic (exact) mass is 472 g/mol. The van der Waals surface area contributed by atoms with Crippen LogP contribution in [0.5, 0.6) is 0 Å². The van der Waals surface area contributed by atoms with E-state index in [1.807, 2.05) is 41.1 Å². The molecule has 1 atom stereocenters. The second-order valence-electron chi connectivity index (χ2n) is 7.42. The van der Waals surface area contributed by atoms with Gasteiger partial charge in [0.15, 0.2) is 5.70 Å². The van der Waals surface area contributed by atoms with Crippen molar-refractivity contribution in [2.45, 2.75) is 6.10 Å². The van der Waals surface area contributed by atoms with Crippen molar-refractivity contribution in [1.29, 1.82) is 0 Å². The van der Waals surface area contributed by atoms with Gasteiger partial charge in [0.25, 0.3) is 0 Å². The molecule has 0 saturated carbocycles. The van der Waals surface area contributed by atoms with Crippen LogP contribution in [0, 0.1) is 0 Å². The van der Waals surface area contributed by atoms with E-state index in [-0.39, 0.29) is 11.8 Å². The zero-order chi connectivity index (χ0) is 22.7. The fourth-order valence-electron chi connectivity index (χ4n) is 3.30. The first-order chi connectivity index (χ1) is 16.3. The van der Waals surface area contributed by atoms with Gasteiger partial charge in [-0.2, -0.15) is 11.3 Å². The maximum absolute atomic E-state index is 12.2. The summed E-state index contributed by atoms with van der Waals surface area (Å²) >= 11 is 1.53. The van der Waals surface area contributed by atoms with Gasteiger partial charge >= 0.3 is 5.97 Å². The van der Waals surface area contributed by atoms with E-state index in [0.717, 1.165) is 29.8 Å². The average Bonchev–Trinajstić information content (AvgIpc) is 3.48. The molecule has 0 bridgehead atoms. The van der Waals surface area contributed by atoms with E-state index >= 15 is 0 Å². The van der Waals surface area contributed by atoms with Crippen LogP contribution in [0.1, 0.15) is 22.8 Å². The maximum atomic E-state index is 12.2. The fourth-order valence-corrected chi connectivity index (χ4v) is 3.93. The molecule has 2 aromatic rings. The summed E-state index contributed by atoms with van der Waals surface area (Å²) < 4.78 is 28.1. The Balaban J connectivity index is 1.39. The van der Waals surface area contributed by atoms with Crippen LogP contribution in [0.25, 0.3) is 6.08 Å². The summed E-state index contributed by atoms with van der Waals surface area (Å²) in [6.45, 7) is 5.30. The van der Waals surface area contributed by atoms with Gasteiger partial charge in [-0.3, -0.25) is 0 Å². The van der Waals surface area contributed by atoms with E-state index in [1.54, 1.807) is 6.08 Å². The molecule has 0 spiro atoms. The Morgan fingerprint density at radius 3 is 2.48 bits per heavy atom. The lowest BCUT2D eigenvalue weighted by atomic mass is 10.1.